The van der Waals surface area contributed by atoms with E-state index in [0.717, 1.165) is 19.4 Å². The molecular weight excluding hydrogens is 216 g/mol. The molecule has 0 aliphatic carbocycles. The third kappa shape index (κ3) is 2.69. The second kappa shape index (κ2) is 5.36. The molecule has 0 aromatic carbocycles. The van der Waals surface area contributed by atoms with Crippen molar-refractivity contribution in [1.29, 1.82) is 0 Å². The van der Waals surface area contributed by atoms with Crippen LogP contribution in [0.3, 0.4) is 0 Å². The van der Waals surface area contributed by atoms with Crippen molar-refractivity contribution in [3.8, 4) is 0 Å². The van der Waals surface area contributed by atoms with Gasteiger partial charge in [-0.05, 0) is 37.8 Å². The number of likely N-dealkylation sites (tertiary alicyclic amines) is 1. The van der Waals surface area contributed by atoms with Crippen molar-refractivity contribution >= 4 is 5.91 Å². The molecule has 1 aromatic rings. The topological polar surface area (TPSA) is 45.5 Å². The number of aliphatic hydroxyl groups excluding tert-OH is 1. The second-order valence-corrected chi connectivity index (χ2v) is 4.78. The van der Waals surface area contributed by atoms with Gasteiger partial charge in [-0.25, -0.2) is 0 Å². The zero-order chi connectivity index (χ0) is 12.3. The van der Waals surface area contributed by atoms with E-state index in [0.29, 0.717) is 6.54 Å². The lowest BCUT2D eigenvalue weighted by molar-refractivity contribution is -0.136. The minimum atomic E-state index is -0.151. The summed E-state index contributed by atoms with van der Waals surface area (Å²) in [4.78, 5) is 14.2. The molecule has 0 saturated carbocycles. The van der Waals surface area contributed by atoms with Crippen LogP contribution in [0, 0.1) is 5.92 Å². The third-order valence-corrected chi connectivity index (χ3v) is 3.52. The first-order valence-corrected chi connectivity index (χ1v) is 6.24. The van der Waals surface area contributed by atoms with E-state index in [2.05, 4.69) is 0 Å². The van der Waals surface area contributed by atoms with Crippen molar-refractivity contribution in [3.63, 3.8) is 0 Å². The van der Waals surface area contributed by atoms with E-state index >= 15 is 0 Å². The van der Waals surface area contributed by atoms with Gasteiger partial charge in [0.1, 0.15) is 6.04 Å². The zero-order valence-corrected chi connectivity index (χ0v) is 10.2. The molecule has 1 aliphatic rings. The van der Waals surface area contributed by atoms with E-state index in [1.54, 1.807) is 0 Å². The van der Waals surface area contributed by atoms with Crippen molar-refractivity contribution in [2.75, 3.05) is 19.7 Å². The summed E-state index contributed by atoms with van der Waals surface area (Å²) in [6.07, 6.45) is 5.85. The monoisotopic (exact) mass is 236 g/mol. The highest BCUT2D eigenvalue weighted by atomic mass is 16.3. The van der Waals surface area contributed by atoms with Crippen LogP contribution >= 0.6 is 0 Å². The molecule has 1 aliphatic heterocycles. The average molecular weight is 236 g/mol. The summed E-state index contributed by atoms with van der Waals surface area (Å²) in [6, 6.07) is 3.70. The van der Waals surface area contributed by atoms with Crippen LogP contribution in [-0.2, 0) is 4.79 Å². The number of rotatable bonds is 3. The summed E-state index contributed by atoms with van der Waals surface area (Å²) in [6.45, 7) is 3.62. The normalized spacial score (nSPS) is 22.5. The van der Waals surface area contributed by atoms with Gasteiger partial charge in [-0.15, -0.1) is 0 Å². The lowest BCUT2D eigenvalue weighted by Gasteiger charge is -2.33. The predicted molar refractivity (Wildman–Crippen MR) is 65.5 cm³/mol. The first kappa shape index (κ1) is 12.2. The smallest absolute Gasteiger partial charge is 0.245 e. The Balaban J connectivity index is 1.99. The van der Waals surface area contributed by atoms with Gasteiger partial charge in [0.15, 0.2) is 0 Å². The van der Waals surface area contributed by atoms with Gasteiger partial charge in [0.25, 0.3) is 0 Å². The molecule has 0 bridgehead atoms. The fourth-order valence-corrected chi connectivity index (χ4v) is 2.41. The van der Waals surface area contributed by atoms with Gasteiger partial charge in [-0.2, -0.15) is 0 Å². The second-order valence-electron chi connectivity index (χ2n) is 4.78. The highest BCUT2D eigenvalue weighted by molar-refractivity contribution is 5.80. The van der Waals surface area contributed by atoms with Gasteiger partial charge in [-0.1, -0.05) is 0 Å². The van der Waals surface area contributed by atoms with E-state index in [9.17, 15) is 4.79 Å². The summed E-state index contributed by atoms with van der Waals surface area (Å²) < 4.78 is 1.92. The van der Waals surface area contributed by atoms with Gasteiger partial charge < -0.3 is 14.6 Å². The summed E-state index contributed by atoms with van der Waals surface area (Å²) >= 11 is 0. The number of piperidine rings is 1. The van der Waals surface area contributed by atoms with Crippen molar-refractivity contribution in [2.24, 2.45) is 5.92 Å². The molecule has 1 fully saturated rings. The van der Waals surface area contributed by atoms with Crippen molar-refractivity contribution in [3.05, 3.63) is 24.5 Å². The number of aromatic nitrogens is 1. The molecule has 0 spiro atoms. The van der Waals surface area contributed by atoms with Crippen LogP contribution in [-0.4, -0.2) is 40.2 Å². The van der Waals surface area contributed by atoms with Gasteiger partial charge in [0, 0.05) is 32.1 Å². The predicted octanol–water partition coefficient (Wildman–Crippen LogP) is 1.28. The molecule has 4 nitrogen and oxygen atoms in total. The summed E-state index contributed by atoms with van der Waals surface area (Å²) in [5.74, 6) is 0.406. The quantitative estimate of drug-likeness (QED) is 0.859. The molecule has 94 valence electrons. The summed E-state index contributed by atoms with van der Waals surface area (Å²) in [5, 5.41) is 9.17. The molecule has 1 N–H and O–H groups in total. The Kier molecular flexibility index (Phi) is 3.84. The average Bonchev–Trinajstić information content (AvgIpc) is 2.91. The Bertz CT molecular complexity index is 362. The number of hydrogen-bond donors (Lipinski definition) is 1. The largest absolute Gasteiger partial charge is 0.396 e. The fraction of sp³-hybridized carbons (Fsp3) is 0.615. The lowest BCUT2D eigenvalue weighted by Crippen LogP contribution is -2.43. The Hall–Kier alpha value is -1.29. The molecule has 0 radical (unpaired) electrons. The molecule has 4 heteroatoms. The van der Waals surface area contributed by atoms with E-state index in [4.69, 9.17) is 5.11 Å². The number of nitrogens with zero attached hydrogens (tertiary/aromatic N) is 2. The number of hydrogen-bond acceptors (Lipinski definition) is 2. The SMILES string of the molecule is CC(C(=O)N1CCCC(CO)C1)n1cccc1. The van der Waals surface area contributed by atoms with Crippen molar-refractivity contribution in [1.82, 2.24) is 9.47 Å². The van der Waals surface area contributed by atoms with E-state index in [-0.39, 0.29) is 24.5 Å². The molecule has 2 rings (SSSR count). The van der Waals surface area contributed by atoms with Gasteiger partial charge in [-0.3, -0.25) is 4.79 Å². The van der Waals surface area contributed by atoms with Gasteiger partial charge in [0.05, 0.1) is 0 Å². The highest BCUT2D eigenvalue weighted by Gasteiger charge is 2.26. The van der Waals surface area contributed by atoms with Crippen molar-refractivity contribution < 1.29 is 9.90 Å². The Morgan fingerprint density at radius 1 is 1.47 bits per heavy atom. The molecule has 1 aromatic heterocycles. The highest BCUT2D eigenvalue weighted by Crippen LogP contribution is 2.19. The van der Waals surface area contributed by atoms with Crippen LogP contribution in [0.4, 0.5) is 0 Å². The Labute approximate surface area is 102 Å². The van der Waals surface area contributed by atoms with E-state index in [1.165, 1.54) is 0 Å². The third-order valence-electron chi connectivity index (χ3n) is 3.52. The number of amides is 1. The minimum absolute atomic E-state index is 0.151. The molecule has 2 unspecified atom stereocenters. The fourth-order valence-electron chi connectivity index (χ4n) is 2.41. The number of carbonyl (C=O) groups is 1. The molecule has 2 heterocycles. The molecule has 1 amide bonds. The van der Waals surface area contributed by atoms with Crippen molar-refractivity contribution in [2.45, 2.75) is 25.8 Å². The van der Waals surface area contributed by atoms with Crippen LogP contribution in [0.25, 0.3) is 0 Å². The van der Waals surface area contributed by atoms with Crippen LogP contribution in [0.1, 0.15) is 25.8 Å². The Morgan fingerprint density at radius 2 is 2.18 bits per heavy atom. The summed E-state index contributed by atoms with van der Waals surface area (Å²) in [5.41, 5.74) is 0. The first-order chi connectivity index (χ1) is 8.22. The van der Waals surface area contributed by atoms with E-state index in [1.807, 2.05) is 40.9 Å². The van der Waals surface area contributed by atoms with Crippen LogP contribution in [0.5, 0.6) is 0 Å². The molecule has 2 atom stereocenters. The lowest BCUT2D eigenvalue weighted by atomic mass is 9.98. The number of carbonyl (C=O) groups excluding carboxylic acids is 1. The maximum atomic E-state index is 12.3. The molecule has 1 saturated heterocycles. The van der Waals surface area contributed by atoms with E-state index < -0.39 is 0 Å². The number of aliphatic hydroxyl groups is 1. The minimum Gasteiger partial charge on any atom is -0.396 e. The van der Waals surface area contributed by atoms with Crippen LogP contribution < -0.4 is 0 Å². The van der Waals surface area contributed by atoms with Gasteiger partial charge in [0.2, 0.25) is 5.91 Å². The maximum Gasteiger partial charge on any atom is 0.245 e. The summed E-state index contributed by atoms with van der Waals surface area (Å²) in [7, 11) is 0. The maximum absolute atomic E-state index is 12.3. The molecular formula is C13H20N2O2. The first-order valence-electron chi connectivity index (χ1n) is 6.24. The van der Waals surface area contributed by atoms with Crippen LogP contribution in [0.15, 0.2) is 24.5 Å². The molecule has 17 heavy (non-hydrogen) atoms. The Morgan fingerprint density at radius 3 is 2.82 bits per heavy atom. The van der Waals surface area contributed by atoms with Crippen LogP contribution in [0.2, 0.25) is 0 Å². The van der Waals surface area contributed by atoms with Gasteiger partial charge >= 0.3 is 0 Å². The zero-order valence-electron chi connectivity index (χ0n) is 10.2. The standard InChI is InChI=1S/C13H20N2O2/c1-11(14-6-2-3-7-14)13(17)15-8-4-5-12(9-15)10-16/h2-3,6-7,11-12,16H,4-5,8-10H2,1H3.